The van der Waals surface area contributed by atoms with E-state index in [-0.39, 0.29) is 0 Å². The predicted octanol–water partition coefficient (Wildman–Crippen LogP) is 6.53. The quantitative estimate of drug-likeness (QED) is 0.521. The van der Waals surface area contributed by atoms with Crippen molar-refractivity contribution in [3.63, 3.8) is 0 Å². The van der Waals surface area contributed by atoms with Crippen molar-refractivity contribution in [2.45, 2.75) is 83.5 Å². The van der Waals surface area contributed by atoms with Gasteiger partial charge in [-0.05, 0) is 62.3 Å². The van der Waals surface area contributed by atoms with Crippen molar-refractivity contribution in [3.8, 4) is 0 Å². The Balaban J connectivity index is 1.44. The SMILES string of the molecule is CCCCC[C@@H]1CC[C@H](C(=O)C2CCC(c3ccccc3)CC2)C1. The summed E-state index contributed by atoms with van der Waals surface area (Å²) in [5.74, 6) is 2.91. The van der Waals surface area contributed by atoms with E-state index >= 15 is 0 Å². The first-order chi connectivity index (χ1) is 11.8. The summed E-state index contributed by atoms with van der Waals surface area (Å²) in [6.07, 6.45) is 13.7. The van der Waals surface area contributed by atoms with Crippen LogP contribution >= 0.6 is 0 Å². The van der Waals surface area contributed by atoms with Crippen LogP contribution in [0, 0.1) is 17.8 Å². The molecule has 1 heteroatoms. The monoisotopic (exact) mass is 326 g/mol. The predicted molar refractivity (Wildman–Crippen MR) is 101 cm³/mol. The molecule has 1 nitrogen and oxygen atoms in total. The Kier molecular flexibility index (Phi) is 6.51. The van der Waals surface area contributed by atoms with Gasteiger partial charge in [0.25, 0.3) is 0 Å². The highest BCUT2D eigenvalue weighted by molar-refractivity contribution is 5.83. The van der Waals surface area contributed by atoms with Crippen molar-refractivity contribution in [2.24, 2.45) is 17.8 Å². The lowest BCUT2D eigenvalue weighted by Crippen LogP contribution is -2.26. The van der Waals surface area contributed by atoms with Crippen LogP contribution in [-0.2, 0) is 4.79 Å². The first kappa shape index (κ1) is 17.7. The van der Waals surface area contributed by atoms with Crippen LogP contribution in [0.2, 0.25) is 0 Å². The molecule has 24 heavy (non-hydrogen) atoms. The number of carbonyl (C=O) groups is 1. The molecule has 2 atom stereocenters. The van der Waals surface area contributed by atoms with E-state index in [1.165, 1.54) is 63.4 Å². The van der Waals surface area contributed by atoms with Gasteiger partial charge >= 0.3 is 0 Å². The second-order valence-electron chi connectivity index (χ2n) is 8.23. The van der Waals surface area contributed by atoms with E-state index in [0.29, 0.717) is 23.5 Å². The zero-order valence-corrected chi connectivity index (χ0v) is 15.4. The van der Waals surface area contributed by atoms with Crippen molar-refractivity contribution in [3.05, 3.63) is 35.9 Å². The van der Waals surface area contributed by atoms with Crippen LogP contribution < -0.4 is 0 Å². The fourth-order valence-corrected chi connectivity index (χ4v) is 5.05. The molecule has 2 aliphatic carbocycles. The second kappa shape index (κ2) is 8.83. The van der Waals surface area contributed by atoms with Crippen molar-refractivity contribution in [2.75, 3.05) is 0 Å². The molecule has 2 fully saturated rings. The Hall–Kier alpha value is -1.11. The van der Waals surface area contributed by atoms with Crippen LogP contribution in [-0.4, -0.2) is 5.78 Å². The summed E-state index contributed by atoms with van der Waals surface area (Å²) in [6, 6.07) is 10.9. The van der Waals surface area contributed by atoms with E-state index in [2.05, 4.69) is 37.3 Å². The molecule has 0 radical (unpaired) electrons. The van der Waals surface area contributed by atoms with E-state index in [0.717, 1.165) is 18.8 Å². The normalized spacial score (nSPS) is 30.4. The smallest absolute Gasteiger partial charge is 0.139 e. The van der Waals surface area contributed by atoms with Gasteiger partial charge in [-0.15, -0.1) is 0 Å². The molecule has 0 spiro atoms. The lowest BCUT2D eigenvalue weighted by molar-refractivity contribution is -0.127. The van der Waals surface area contributed by atoms with Gasteiger partial charge < -0.3 is 0 Å². The number of ketones is 1. The minimum absolute atomic E-state index is 0.365. The summed E-state index contributed by atoms with van der Waals surface area (Å²) in [5.41, 5.74) is 1.47. The minimum Gasteiger partial charge on any atom is -0.299 e. The molecule has 0 bridgehead atoms. The van der Waals surface area contributed by atoms with Crippen molar-refractivity contribution >= 4 is 5.78 Å². The maximum Gasteiger partial charge on any atom is 0.139 e. The van der Waals surface area contributed by atoms with Gasteiger partial charge in [-0.3, -0.25) is 4.79 Å². The summed E-state index contributed by atoms with van der Waals surface area (Å²) in [7, 11) is 0. The van der Waals surface area contributed by atoms with E-state index < -0.39 is 0 Å². The summed E-state index contributed by atoms with van der Waals surface area (Å²) < 4.78 is 0. The van der Waals surface area contributed by atoms with Crippen molar-refractivity contribution in [1.82, 2.24) is 0 Å². The van der Waals surface area contributed by atoms with Gasteiger partial charge in [0.2, 0.25) is 0 Å². The Labute approximate surface area is 148 Å². The number of rotatable bonds is 7. The van der Waals surface area contributed by atoms with Crippen LogP contribution in [0.15, 0.2) is 30.3 Å². The Bertz CT molecular complexity index is 498. The van der Waals surface area contributed by atoms with Crippen molar-refractivity contribution in [1.29, 1.82) is 0 Å². The summed E-state index contributed by atoms with van der Waals surface area (Å²) in [4.78, 5) is 12.9. The fourth-order valence-electron chi connectivity index (χ4n) is 5.05. The van der Waals surface area contributed by atoms with E-state index in [4.69, 9.17) is 0 Å². The molecular weight excluding hydrogens is 292 g/mol. The standard InChI is InChI=1S/C23H34O/c1-2-3-5-8-18-11-12-22(17-18)23(24)21-15-13-20(14-16-21)19-9-6-4-7-10-19/h4,6-7,9-10,18,20-22H,2-3,5,8,11-17H2,1H3/t18-,20?,21?,22+/m1/s1. The highest BCUT2D eigenvalue weighted by Gasteiger charge is 2.35. The van der Waals surface area contributed by atoms with E-state index in [9.17, 15) is 4.79 Å². The molecule has 132 valence electrons. The van der Waals surface area contributed by atoms with Gasteiger partial charge in [0.05, 0.1) is 0 Å². The third kappa shape index (κ3) is 4.49. The highest BCUT2D eigenvalue weighted by Crippen LogP contribution is 2.41. The number of benzene rings is 1. The number of carbonyl (C=O) groups excluding carboxylic acids is 1. The van der Waals surface area contributed by atoms with Gasteiger partial charge in [-0.25, -0.2) is 0 Å². The molecule has 2 aliphatic rings. The van der Waals surface area contributed by atoms with Gasteiger partial charge in [0.1, 0.15) is 5.78 Å². The third-order valence-electron chi connectivity index (χ3n) is 6.56. The van der Waals surface area contributed by atoms with Crippen LogP contribution in [0.3, 0.4) is 0 Å². The largest absolute Gasteiger partial charge is 0.299 e. The molecule has 0 saturated heterocycles. The minimum atomic E-state index is 0.365. The van der Waals surface area contributed by atoms with Crippen molar-refractivity contribution < 1.29 is 4.79 Å². The first-order valence-electron chi connectivity index (χ1n) is 10.4. The van der Waals surface area contributed by atoms with E-state index in [1.54, 1.807) is 0 Å². The average Bonchev–Trinajstić information content (AvgIpc) is 3.11. The molecule has 1 aromatic carbocycles. The van der Waals surface area contributed by atoms with Gasteiger partial charge in [0.15, 0.2) is 0 Å². The molecule has 0 heterocycles. The fraction of sp³-hybridized carbons (Fsp3) is 0.696. The molecule has 1 aromatic rings. The number of unbranched alkanes of at least 4 members (excludes halogenated alkanes) is 2. The average molecular weight is 327 g/mol. The number of hydrogen-bond acceptors (Lipinski definition) is 1. The Morgan fingerprint density at radius 1 is 0.917 bits per heavy atom. The van der Waals surface area contributed by atoms with Crippen LogP contribution in [0.25, 0.3) is 0 Å². The van der Waals surface area contributed by atoms with E-state index in [1.807, 2.05) is 0 Å². The highest BCUT2D eigenvalue weighted by atomic mass is 16.1. The van der Waals surface area contributed by atoms with Crippen LogP contribution in [0.1, 0.15) is 89.0 Å². The zero-order chi connectivity index (χ0) is 16.8. The maximum atomic E-state index is 12.9. The topological polar surface area (TPSA) is 17.1 Å². The molecule has 0 aromatic heterocycles. The molecule has 0 amide bonds. The zero-order valence-electron chi connectivity index (χ0n) is 15.4. The number of hydrogen-bond donors (Lipinski definition) is 0. The molecule has 0 unspecified atom stereocenters. The summed E-state index contributed by atoms with van der Waals surface area (Å²) >= 11 is 0. The molecule has 2 saturated carbocycles. The summed E-state index contributed by atoms with van der Waals surface area (Å²) in [5, 5.41) is 0. The first-order valence-corrected chi connectivity index (χ1v) is 10.4. The lowest BCUT2D eigenvalue weighted by atomic mass is 9.74. The lowest BCUT2D eigenvalue weighted by Gasteiger charge is -2.29. The van der Waals surface area contributed by atoms with Gasteiger partial charge in [-0.1, -0.05) is 62.9 Å². The molecule has 0 N–H and O–H groups in total. The third-order valence-corrected chi connectivity index (χ3v) is 6.56. The Morgan fingerprint density at radius 3 is 2.33 bits per heavy atom. The molecule has 3 rings (SSSR count). The maximum absolute atomic E-state index is 12.9. The number of Topliss-reactive ketones (excluding diaryl/α,β-unsaturated/α-hetero) is 1. The molecular formula is C23H34O. The van der Waals surface area contributed by atoms with Crippen LogP contribution in [0.5, 0.6) is 0 Å². The van der Waals surface area contributed by atoms with Crippen LogP contribution in [0.4, 0.5) is 0 Å². The summed E-state index contributed by atoms with van der Waals surface area (Å²) in [6.45, 7) is 2.27. The van der Waals surface area contributed by atoms with Gasteiger partial charge in [-0.2, -0.15) is 0 Å². The molecule has 0 aliphatic heterocycles. The second-order valence-corrected chi connectivity index (χ2v) is 8.23. The van der Waals surface area contributed by atoms with Gasteiger partial charge in [0, 0.05) is 11.8 Å². The Morgan fingerprint density at radius 2 is 1.62 bits per heavy atom.